The van der Waals surface area contributed by atoms with Gasteiger partial charge in [-0.1, -0.05) is 23.1 Å². The van der Waals surface area contributed by atoms with E-state index in [0.29, 0.717) is 18.1 Å². The summed E-state index contributed by atoms with van der Waals surface area (Å²) in [5.74, 6) is 0.708. The summed E-state index contributed by atoms with van der Waals surface area (Å²) in [4.78, 5) is 26.8. The van der Waals surface area contributed by atoms with Gasteiger partial charge < -0.3 is 15.4 Å². The van der Waals surface area contributed by atoms with Gasteiger partial charge in [-0.25, -0.2) is 0 Å². The Morgan fingerprint density at radius 3 is 2.73 bits per heavy atom. The average molecular weight is 439 g/mol. The van der Waals surface area contributed by atoms with Gasteiger partial charge in [0.1, 0.15) is 27.4 Å². The third kappa shape index (κ3) is 4.30. The minimum absolute atomic E-state index is 0. The van der Waals surface area contributed by atoms with E-state index < -0.39 is 17.1 Å². The topological polar surface area (TPSA) is 98.4 Å². The molecular weight excluding hydrogens is 416 g/mol. The first-order valence-electron chi connectivity index (χ1n) is 7.95. The molecule has 2 aliphatic heterocycles. The van der Waals surface area contributed by atoms with E-state index in [1.807, 2.05) is 27.7 Å². The van der Waals surface area contributed by atoms with Gasteiger partial charge in [0.15, 0.2) is 4.34 Å². The highest BCUT2D eigenvalue weighted by molar-refractivity contribution is 8.01. The Labute approximate surface area is 171 Å². The van der Waals surface area contributed by atoms with Crippen LogP contribution >= 0.6 is 47.3 Å². The highest BCUT2D eigenvalue weighted by Crippen LogP contribution is 2.45. The maximum Gasteiger partial charge on any atom is 0.316 e. The van der Waals surface area contributed by atoms with Crippen LogP contribution in [0.2, 0.25) is 0 Å². The van der Waals surface area contributed by atoms with E-state index in [1.54, 1.807) is 16.7 Å². The fourth-order valence-electron chi connectivity index (χ4n) is 2.72. The normalized spacial score (nSPS) is 28.0. The van der Waals surface area contributed by atoms with Gasteiger partial charge in [0.05, 0.1) is 0 Å². The summed E-state index contributed by atoms with van der Waals surface area (Å²) in [7, 11) is 0. The summed E-state index contributed by atoms with van der Waals surface area (Å²) in [5, 5.41) is 8.98. The molecule has 146 valence electrons. The third-order valence-corrected chi connectivity index (χ3v) is 7.87. The molecule has 0 bridgehead atoms. The van der Waals surface area contributed by atoms with Crippen LogP contribution in [0.4, 0.5) is 0 Å². The van der Waals surface area contributed by atoms with Crippen molar-refractivity contribution in [3.05, 3.63) is 5.01 Å². The predicted octanol–water partition coefficient (Wildman–Crippen LogP) is 1.93. The summed E-state index contributed by atoms with van der Waals surface area (Å²) in [5.41, 5.74) is 4.51. The Morgan fingerprint density at radius 2 is 2.15 bits per heavy atom. The van der Waals surface area contributed by atoms with E-state index in [0.717, 1.165) is 9.35 Å². The fourth-order valence-corrected chi connectivity index (χ4v) is 6.33. The van der Waals surface area contributed by atoms with E-state index >= 15 is 0 Å². The molecule has 1 amide bonds. The molecule has 0 radical (unpaired) electrons. The summed E-state index contributed by atoms with van der Waals surface area (Å²) in [6.07, 6.45) is 0. The third-order valence-electron chi connectivity index (χ3n) is 4.00. The van der Waals surface area contributed by atoms with Gasteiger partial charge in [0.2, 0.25) is 5.91 Å². The van der Waals surface area contributed by atoms with Crippen LogP contribution in [0.5, 0.6) is 0 Å². The molecule has 0 aliphatic carbocycles. The van der Waals surface area contributed by atoms with Crippen LogP contribution in [0.3, 0.4) is 0 Å². The lowest BCUT2D eigenvalue weighted by Crippen LogP contribution is -2.72. The van der Waals surface area contributed by atoms with Crippen LogP contribution in [0.1, 0.15) is 25.8 Å². The van der Waals surface area contributed by atoms with Crippen molar-refractivity contribution in [2.75, 3.05) is 18.1 Å². The lowest BCUT2D eigenvalue weighted by molar-refractivity contribution is -0.169. The highest BCUT2D eigenvalue weighted by Gasteiger charge is 2.56. The number of amides is 1. The van der Waals surface area contributed by atoms with Gasteiger partial charge >= 0.3 is 5.97 Å². The van der Waals surface area contributed by atoms with Crippen molar-refractivity contribution < 1.29 is 14.3 Å². The van der Waals surface area contributed by atoms with Crippen LogP contribution in [-0.4, -0.2) is 62.0 Å². The Morgan fingerprint density at radius 1 is 1.46 bits per heavy atom. The molecule has 1 aromatic rings. The quantitative estimate of drug-likeness (QED) is 0.432. The second-order valence-corrected chi connectivity index (χ2v) is 10.9. The second-order valence-electron chi connectivity index (χ2n) is 7.35. The number of esters is 1. The van der Waals surface area contributed by atoms with Crippen molar-refractivity contribution >= 4 is 59.1 Å². The average Bonchev–Trinajstić information content (AvgIpc) is 2.95. The minimum Gasteiger partial charge on any atom is -0.459 e. The minimum atomic E-state index is -0.769. The van der Waals surface area contributed by atoms with E-state index in [4.69, 9.17) is 10.5 Å². The van der Waals surface area contributed by atoms with Gasteiger partial charge in [0.25, 0.3) is 0 Å². The van der Waals surface area contributed by atoms with Crippen molar-refractivity contribution in [3.8, 4) is 0 Å². The molecule has 2 N–H and O–H groups in total. The summed E-state index contributed by atoms with van der Waals surface area (Å²) in [6, 6.07) is -0.458. The van der Waals surface area contributed by atoms with E-state index in [9.17, 15) is 9.59 Å². The zero-order chi connectivity index (χ0) is 18.4. The molecule has 2 aliphatic rings. The van der Waals surface area contributed by atoms with Gasteiger partial charge in [-0.2, -0.15) is 0 Å². The van der Waals surface area contributed by atoms with Crippen molar-refractivity contribution in [1.29, 1.82) is 0 Å². The zero-order valence-corrected chi connectivity index (χ0v) is 18.3. The fraction of sp³-hybridized carbons (Fsp3) is 0.733. The van der Waals surface area contributed by atoms with Crippen LogP contribution < -0.4 is 5.73 Å². The van der Waals surface area contributed by atoms with E-state index in [1.165, 1.54) is 23.1 Å². The number of fused-ring (bicyclic) bond motifs is 1. The van der Waals surface area contributed by atoms with Crippen LogP contribution in [0.15, 0.2) is 4.34 Å². The monoisotopic (exact) mass is 438 g/mol. The maximum atomic E-state index is 13.0. The number of hydrogen-bond acceptors (Lipinski definition) is 9. The van der Waals surface area contributed by atoms with Crippen molar-refractivity contribution in [2.45, 2.75) is 49.1 Å². The van der Waals surface area contributed by atoms with Gasteiger partial charge in [0, 0.05) is 18.1 Å². The van der Waals surface area contributed by atoms with Crippen LogP contribution in [0.25, 0.3) is 0 Å². The van der Waals surface area contributed by atoms with Crippen LogP contribution in [0, 0.1) is 12.3 Å². The number of carbonyl (C=O) groups is 2. The van der Waals surface area contributed by atoms with Crippen molar-refractivity contribution in [3.63, 3.8) is 0 Å². The second kappa shape index (κ2) is 7.83. The number of nitrogens with two attached hydrogens (primary N) is 1. The number of hydrogen-bond donors (Lipinski definition) is 1. The number of β-lactam (4-membered cyclic amide) rings is 1. The van der Waals surface area contributed by atoms with Gasteiger partial charge in [-0.05, 0) is 27.7 Å². The number of aromatic nitrogens is 2. The lowest BCUT2D eigenvalue weighted by Gasteiger charge is -2.53. The van der Waals surface area contributed by atoms with Gasteiger partial charge in [-0.15, -0.1) is 34.4 Å². The highest BCUT2D eigenvalue weighted by atomic mass is 35.5. The molecule has 1 aromatic heterocycles. The molecule has 0 aromatic carbocycles. The molecule has 7 nitrogen and oxygen atoms in total. The Kier molecular flexibility index (Phi) is 6.55. The number of ether oxygens (including phenoxy) is 1. The molecule has 3 rings (SSSR count). The number of carbonyl (C=O) groups excluding carboxylic acids is 2. The first-order valence-corrected chi connectivity index (χ1v) is 10.8. The summed E-state index contributed by atoms with van der Waals surface area (Å²) in [6.45, 7) is 7.79. The molecular formula is C15H23ClN4O3S3. The Hall–Kier alpha value is -0.550. The first-order chi connectivity index (χ1) is 11.6. The number of rotatable bonds is 4. The van der Waals surface area contributed by atoms with Crippen LogP contribution in [-0.2, 0) is 14.3 Å². The predicted molar refractivity (Wildman–Crippen MR) is 107 cm³/mol. The molecule has 0 saturated carbocycles. The number of aryl methyl sites for hydroxylation is 1. The Bertz CT molecular complexity index is 696. The molecule has 3 atom stereocenters. The summed E-state index contributed by atoms with van der Waals surface area (Å²) < 4.78 is 6.50. The van der Waals surface area contributed by atoms with E-state index in [-0.39, 0.29) is 29.7 Å². The van der Waals surface area contributed by atoms with Gasteiger partial charge in [-0.3, -0.25) is 9.59 Å². The molecule has 2 fully saturated rings. The zero-order valence-electron chi connectivity index (χ0n) is 15.1. The number of nitrogens with zero attached hydrogens (tertiary/aromatic N) is 3. The molecule has 26 heavy (non-hydrogen) atoms. The number of halogens is 1. The number of thioether (sulfide) groups is 2. The standard InChI is InChI=1S/C15H22N4O3S3.ClH/c1-8-17-18-13(25-8)24-7-15(12(21)22-14(2,3)4)5-19-10(20)9(16)11(19)23-6-15;/h9,11H,5-7,16H2,1-4H3;1H/t9?,11-,15?;/m1./s1. The molecule has 3 heterocycles. The molecule has 0 spiro atoms. The maximum absolute atomic E-state index is 13.0. The lowest BCUT2D eigenvalue weighted by atomic mass is 9.89. The summed E-state index contributed by atoms with van der Waals surface area (Å²) >= 11 is 4.55. The van der Waals surface area contributed by atoms with Crippen molar-refractivity contribution in [1.82, 2.24) is 15.1 Å². The molecule has 2 saturated heterocycles. The van der Waals surface area contributed by atoms with Crippen molar-refractivity contribution in [2.24, 2.45) is 11.1 Å². The first kappa shape index (κ1) is 21.7. The SMILES string of the molecule is Cc1nnc(SCC2(C(=O)OC(C)(C)C)CS[C@@H]3C(N)C(=O)N3C2)s1.Cl. The smallest absolute Gasteiger partial charge is 0.316 e. The van der Waals surface area contributed by atoms with E-state index in [2.05, 4.69) is 10.2 Å². The largest absolute Gasteiger partial charge is 0.459 e. The molecule has 2 unspecified atom stereocenters. The Balaban J connectivity index is 0.00000243. The molecule has 11 heteroatoms.